The molecule has 0 bridgehead atoms. The zero-order valence-electron chi connectivity index (χ0n) is 16.3. The fourth-order valence-corrected chi connectivity index (χ4v) is 3.66. The molecule has 3 rings (SSSR count). The van der Waals surface area contributed by atoms with Gasteiger partial charge in [-0.05, 0) is 37.1 Å². The number of likely N-dealkylation sites (tertiary alicyclic amines) is 1. The average Bonchev–Trinajstić information content (AvgIpc) is 2.75. The molecule has 7 heteroatoms. The lowest BCUT2D eigenvalue weighted by Crippen LogP contribution is -2.44. The molecule has 0 atom stereocenters. The van der Waals surface area contributed by atoms with Crippen molar-refractivity contribution in [1.29, 1.82) is 0 Å². The smallest absolute Gasteiger partial charge is 0.260 e. The number of carbonyl (C=O) groups excluding carboxylic acids is 2. The Labute approximate surface area is 175 Å². The van der Waals surface area contributed by atoms with Gasteiger partial charge in [0.25, 0.3) is 5.91 Å². The van der Waals surface area contributed by atoms with Gasteiger partial charge < -0.3 is 14.5 Å². The van der Waals surface area contributed by atoms with Crippen LogP contribution in [0.2, 0.25) is 5.02 Å². The summed E-state index contributed by atoms with van der Waals surface area (Å²) < 4.78 is 19.5. The molecule has 1 aliphatic heterocycles. The molecule has 1 heterocycles. The largest absolute Gasteiger partial charge is 0.484 e. The summed E-state index contributed by atoms with van der Waals surface area (Å²) in [4.78, 5) is 28.3. The van der Waals surface area contributed by atoms with Crippen molar-refractivity contribution in [2.24, 2.45) is 5.92 Å². The molecule has 29 heavy (non-hydrogen) atoms. The number of hydrogen-bond donors (Lipinski definition) is 0. The van der Waals surface area contributed by atoms with E-state index in [9.17, 15) is 14.0 Å². The van der Waals surface area contributed by atoms with E-state index in [1.807, 2.05) is 18.2 Å². The lowest BCUT2D eigenvalue weighted by Gasteiger charge is -2.33. The standard InChI is InChI=1S/C22H24ClFN2O3/c1-25(14-18-19(23)8-5-9-20(18)24)22(28)16-10-12-26(13-11-16)21(27)15-29-17-6-3-2-4-7-17/h2-9,16H,10-15H2,1H3. The number of ether oxygens (including phenoxy) is 1. The maximum absolute atomic E-state index is 14.0. The van der Waals surface area contributed by atoms with Gasteiger partial charge in [-0.15, -0.1) is 0 Å². The predicted octanol–water partition coefficient (Wildman–Crippen LogP) is 3.76. The molecule has 1 saturated heterocycles. The number of nitrogens with zero attached hydrogens (tertiary/aromatic N) is 2. The minimum absolute atomic E-state index is 0.0195. The lowest BCUT2D eigenvalue weighted by atomic mass is 9.95. The van der Waals surface area contributed by atoms with Crippen LogP contribution in [0.15, 0.2) is 48.5 Å². The number of carbonyl (C=O) groups is 2. The number of para-hydroxylation sites is 1. The van der Waals surface area contributed by atoms with Crippen LogP contribution < -0.4 is 4.74 Å². The van der Waals surface area contributed by atoms with Gasteiger partial charge in [-0.25, -0.2) is 4.39 Å². The maximum Gasteiger partial charge on any atom is 0.260 e. The SMILES string of the molecule is CN(Cc1c(F)cccc1Cl)C(=O)C1CCN(C(=O)COc2ccccc2)CC1. The van der Waals surface area contributed by atoms with E-state index in [1.165, 1.54) is 17.0 Å². The number of halogens is 2. The van der Waals surface area contributed by atoms with E-state index in [0.29, 0.717) is 42.3 Å². The van der Waals surface area contributed by atoms with Crippen LogP contribution in [0.5, 0.6) is 5.75 Å². The molecule has 2 aromatic rings. The number of amides is 2. The Balaban J connectivity index is 1.48. The second kappa shape index (κ2) is 9.74. The molecule has 5 nitrogen and oxygen atoms in total. The van der Waals surface area contributed by atoms with Crippen LogP contribution in [-0.4, -0.2) is 48.4 Å². The zero-order chi connectivity index (χ0) is 20.8. The molecule has 0 radical (unpaired) electrons. The van der Waals surface area contributed by atoms with Gasteiger partial charge in [0.15, 0.2) is 6.61 Å². The normalized spacial score (nSPS) is 14.5. The molecule has 0 spiro atoms. The number of benzene rings is 2. The first-order valence-corrected chi connectivity index (χ1v) is 9.97. The topological polar surface area (TPSA) is 49.9 Å². The summed E-state index contributed by atoms with van der Waals surface area (Å²) in [6.07, 6.45) is 1.15. The van der Waals surface area contributed by atoms with Crippen LogP contribution in [0.4, 0.5) is 4.39 Å². The van der Waals surface area contributed by atoms with Gasteiger partial charge in [-0.1, -0.05) is 35.9 Å². The van der Waals surface area contributed by atoms with Gasteiger partial charge in [0.2, 0.25) is 5.91 Å². The zero-order valence-corrected chi connectivity index (χ0v) is 17.1. The molecule has 0 aromatic heterocycles. The van der Waals surface area contributed by atoms with E-state index in [4.69, 9.17) is 16.3 Å². The second-order valence-electron chi connectivity index (χ2n) is 7.15. The van der Waals surface area contributed by atoms with Crippen molar-refractivity contribution in [3.8, 4) is 5.75 Å². The lowest BCUT2D eigenvalue weighted by molar-refractivity contribution is -0.141. The van der Waals surface area contributed by atoms with Gasteiger partial charge in [-0.2, -0.15) is 0 Å². The number of rotatable bonds is 6. The third-order valence-corrected chi connectivity index (χ3v) is 5.49. The highest BCUT2D eigenvalue weighted by atomic mass is 35.5. The molecule has 2 aromatic carbocycles. The summed E-state index contributed by atoms with van der Waals surface area (Å²) >= 11 is 6.06. The monoisotopic (exact) mass is 418 g/mol. The van der Waals surface area contributed by atoms with Crippen molar-refractivity contribution in [3.05, 3.63) is 64.9 Å². The molecule has 0 N–H and O–H groups in total. The third kappa shape index (κ3) is 5.48. The van der Waals surface area contributed by atoms with Gasteiger partial charge in [0, 0.05) is 43.2 Å². The van der Waals surface area contributed by atoms with Crippen LogP contribution in [0.1, 0.15) is 18.4 Å². The van der Waals surface area contributed by atoms with Gasteiger partial charge in [0.05, 0.1) is 0 Å². The van der Waals surface area contributed by atoms with E-state index in [1.54, 1.807) is 30.1 Å². The van der Waals surface area contributed by atoms with Crippen LogP contribution in [0.3, 0.4) is 0 Å². The highest BCUT2D eigenvalue weighted by molar-refractivity contribution is 6.31. The minimum atomic E-state index is -0.420. The summed E-state index contributed by atoms with van der Waals surface area (Å²) in [5, 5.41) is 0.309. The molecule has 1 aliphatic rings. The van der Waals surface area contributed by atoms with Gasteiger partial charge in [0.1, 0.15) is 11.6 Å². The molecule has 154 valence electrons. The predicted molar refractivity (Wildman–Crippen MR) is 109 cm³/mol. The fraction of sp³-hybridized carbons (Fsp3) is 0.364. The summed E-state index contributed by atoms with van der Waals surface area (Å²) in [6, 6.07) is 13.7. The van der Waals surface area contributed by atoms with Crippen LogP contribution in [-0.2, 0) is 16.1 Å². The van der Waals surface area contributed by atoms with Gasteiger partial charge in [-0.3, -0.25) is 9.59 Å². The Bertz CT molecular complexity index is 834. The van der Waals surface area contributed by atoms with E-state index in [2.05, 4.69) is 0 Å². The maximum atomic E-state index is 14.0. The van der Waals surface area contributed by atoms with Crippen molar-refractivity contribution in [2.45, 2.75) is 19.4 Å². The number of piperidine rings is 1. The van der Waals surface area contributed by atoms with Crippen LogP contribution in [0.25, 0.3) is 0 Å². The summed E-state index contributed by atoms with van der Waals surface area (Å²) in [5.41, 5.74) is 0.315. The quantitative estimate of drug-likeness (QED) is 0.717. The van der Waals surface area contributed by atoms with Crippen molar-refractivity contribution in [3.63, 3.8) is 0 Å². The Hall–Kier alpha value is -2.60. The Morgan fingerprint density at radius 3 is 2.48 bits per heavy atom. The van der Waals surface area contributed by atoms with E-state index >= 15 is 0 Å². The van der Waals surface area contributed by atoms with Crippen molar-refractivity contribution >= 4 is 23.4 Å². The average molecular weight is 419 g/mol. The van der Waals surface area contributed by atoms with Crippen LogP contribution >= 0.6 is 11.6 Å². The molecule has 0 saturated carbocycles. The van der Waals surface area contributed by atoms with Crippen molar-refractivity contribution < 1.29 is 18.7 Å². The first-order valence-electron chi connectivity index (χ1n) is 9.59. The van der Waals surface area contributed by atoms with E-state index < -0.39 is 5.82 Å². The first kappa shape index (κ1) is 21.1. The third-order valence-electron chi connectivity index (χ3n) is 5.14. The second-order valence-corrected chi connectivity index (χ2v) is 7.56. The molecular weight excluding hydrogens is 395 g/mol. The van der Waals surface area contributed by atoms with E-state index in [-0.39, 0.29) is 30.9 Å². The van der Waals surface area contributed by atoms with Crippen molar-refractivity contribution in [2.75, 3.05) is 26.7 Å². The molecule has 2 amide bonds. The Kier molecular flexibility index (Phi) is 7.09. The van der Waals surface area contributed by atoms with E-state index in [0.717, 1.165) is 0 Å². The molecule has 1 fully saturated rings. The highest BCUT2D eigenvalue weighted by Crippen LogP contribution is 2.24. The van der Waals surface area contributed by atoms with Crippen molar-refractivity contribution in [1.82, 2.24) is 9.80 Å². The molecular formula is C22H24ClFN2O3. The summed E-state index contributed by atoms with van der Waals surface area (Å²) in [5.74, 6) is -0.108. The minimum Gasteiger partial charge on any atom is -0.484 e. The Morgan fingerprint density at radius 2 is 1.83 bits per heavy atom. The molecule has 0 unspecified atom stereocenters. The fourth-order valence-electron chi connectivity index (χ4n) is 3.44. The highest BCUT2D eigenvalue weighted by Gasteiger charge is 2.29. The number of hydrogen-bond acceptors (Lipinski definition) is 3. The van der Waals surface area contributed by atoms with Crippen LogP contribution in [0, 0.1) is 11.7 Å². The Morgan fingerprint density at radius 1 is 1.14 bits per heavy atom. The molecule has 0 aliphatic carbocycles. The summed E-state index contributed by atoms with van der Waals surface area (Å²) in [7, 11) is 1.65. The summed E-state index contributed by atoms with van der Waals surface area (Å²) in [6.45, 7) is 1.10. The van der Waals surface area contributed by atoms with Gasteiger partial charge >= 0.3 is 0 Å². The first-order chi connectivity index (χ1) is 14.0.